The van der Waals surface area contributed by atoms with Gasteiger partial charge < -0.3 is 10.9 Å². The first-order valence-electron chi connectivity index (χ1n) is 3.67. The molecule has 0 amide bonds. The molecule has 0 aromatic heterocycles. The van der Waals surface area contributed by atoms with Crippen LogP contribution in [0.15, 0.2) is 5.16 Å². The van der Waals surface area contributed by atoms with E-state index >= 15 is 0 Å². The van der Waals surface area contributed by atoms with Crippen LogP contribution in [0.25, 0.3) is 0 Å². The molecule has 13 heavy (non-hydrogen) atoms. The Balaban J connectivity index is 3.38. The van der Waals surface area contributed by atoms with Gasteiger partial charge in [-0.3, -0.25) is 0 Å². The van der Waals surface area contributed by atoms with Crippen molar-refractivity contribution < 1.29 is 13.6 Å². The number of thioether (sulfide) groups is 1. The van der Waals surface area contributed by atoms with Gasteiger partial charge in [-0.05, 0) is 0 Å². The van der Waals surface area contributed by atoms with Crippen LogP contribution in [0, 0.1) is 0 Å². The van der Waals surface area contributed by atoms with Gasteiger partial charge >= 0.3 is 0 Å². The highest BCUT2D eigenvalue weighted by Gasteiger charge is 2.01. The average molecular weight is 226 g/mol. The molecule has 0 bridgehead atoms. The molecule has 0 spiro atoms. The summed E-state index contributed by atoms with van der Waals surface area (Å²) in [5.41, 5.74) is 5.21. The predicted octanol–water partition coefficient (Wildman–Crippen LogP) is -0.0993. The maximum absolute atomic E-state index is 10.7. The topological polar surface area (TPSA) is 92.8 Å². The average Bonchev–Trinajstić information content (AvgIpc) is 2.01. The molecule has 0 aromatic rings. The van der Waals surface area contributed by atoms with Gasteiger partial charge in [0, 0.05) is 24.2 Å². The van der Waals surface area contributed by atoms with Crippen molar-refractivity contribution in [2.24, 2.45) is 10.9 Å². The van der Waals surface area contributed by atoms with Gasteiger partial charge in [0.25, 0.3) is 0 Å². The van der Waals surface area contributed by atoms with Crippen molar-refractivity contribution in [3.05, 3.63) is 0 Å². The second kappa shape index (κ2) is 6.09. The van der Waals surface area contributed by atoms with E-state index in [1.165, 1.54) is 18.0 Å². The Morgan fingerprint density at radius 2 is 2.15 bits per heavy atom. The Hall–Kier alpha value is -0.430. The van der Waals surface area contributed by atoms with Crippen molar-refractivity contribution >= 4 is 27.4 Å². The molecule has 5 nitrogen and oxygen atoms in total. The van der Waals surface area contributed by atoms with Crippen LogP contribution in [0.2, 0.25) is 0 Å². The zero-order valence-corrected chi connectivity index (χ0v) is 9.07. The third kappa shape index (κ3) is 9.48. The Kier molecular flexibility index (Phi) is 5.89. The van der Waals surface area contributed by atoms with Crippen LogP contribution < -0.4 is 5.73 Å². The summed E-state index contributed by atoms with van der Waals surface area (Å²) in [5.74, 6) is 1.57. The van der Waals surface area contributed by atoms with Gasteiger partial charge in [-0.1, -0.05) is 5.16 Å². The first-order chi connectivity index (χ1) is 5.95. The molecule has 0 saturated heterocycles. The molecule has 78 valence electrons. The van der Waals surface area contributed by atoms with Crippen LogP contribution in [0.3, 0.4) is 0 Å². The number of amidine groups is 1. The van der Waals surface area contributed by atoms with E-state index in [2.05, 4.69) is 5.16 Å². The van der Waals surface area contributed by atoms with Crippen molar-refractivity contribution in [1.82, 2.24) is 0 Å². The zero-order chi connectivity index (χ0) is 10.3. The molecule has 0 unspecified atom stereocenters. The van der Waals surface area contributed by atoms with Gasteiger partial charge in [0.2, 0.25) is 0 Å². The van der Waals surface area contributed by atoms with Crippen molar-refractivity contribution in [3.8, 4) is 0 Å². The van der Waals surface area contributed by atoms with Crippen molar-refractivity contribution in [2.45, 2.75) is 6.42 Å². The smallest absolute Gasteiger partial charge is 0.148 e. The molecule has 0 heterocycles. The third-order valence-electron chi connectivity index (χ3n) is 1.23. The summed E-state index contributed by atoms with van der Waals surface area (Å²) in [7, 11) is -2.86. The lowest BCUT2D eigenvalue weighted by molar-refractivity contribution is 0.317. The molecule has 0 aliphatic carbocycles. The van der Waals surface area contributed by atoms with Gasteiger partial charge in [0.1, 0.15) is 15.7 Å². The Morgan fingerprint density at radius 3 is 2.62 bits per heavy atom. The number of hydrogen-bond donors (Lipinski definition) is 2. The maximum atomic E-state index is 10.7. The molecule has 0 saturated carbocycles. The molecule has 0 fully saturated rings. The molecular formula is C6H14N2O3S2. The minimum Gasteiger partial charge on any atom is -0.409 e. The highest BCUT2D eigenvalue weighted by atomic mass is 32.2. The number of hydrogen-bond acceptors (Lipinski definition) is 5. The van der Waals surface area contributed by atoms with Gasteiger partial charge in [0.05, 0.1) is 5.75 Å². The number of oxime groups is 1. The standard InChI is InChI=1S/C6H14N2O3S2/c1-13(10,11)5-4-12-3-2-6(7)8-9/h9H,2-5H2,1H3,(H2,7,8). The van der Waals surface area contributed by atoms with E-state index in [1.54, 1.807) is 0 Å². The predicted molar refractivity (Wildman–Crippen MR) is 55.1 cm³/mol. The van der Waals surface area contributed by atoms with E-state index in [1.807, 2.05) is 0 Å². The summed E-state index contributed by atoms with van der Waals surface area (Å²) in [6.07, 6.45) is 1.68. The van der Waals surface area contributed by atoms with Crippen molar-refractivity contribution in [3.63, 3.8) is 0 Å². The second-order valence-electron chi connectivity index (χ2n) is 2.58. The molecule has 0 aliphatic rings. The van der Waals surface area contributed by atoms with E-state index in [9.17, 15) is 8.42 Å². The van der Waals surface area contributed by atoms with Crippen LogP contribution in [-0.2, 0) is 9.84 Å². The lowest BCUT2D eigenvalue weighted by Gasteiger charge is -1.99. The van der Waals surface area contributed by atoms with Gasteiger partial charge in [-0.25, -0.2) is 8.42 Å². The molecular weight excluding hydrogens is 212 g/mol. The normalized spacial score (nSPS) is 13.2. The first kappa shape index (κ1) is 12.6. The second-order valence-corrected chi connectivity index (χ2v) is 6.07. The Labute approximate surface area is 82.3 Å². The van der Waals surface area contributed by atoms with Crippen LogP contribution in [0.1, 0.15) is 6.42 Å². The van der Waals surface area contributed by atoms with Gasteiger partial charge in [-0.2, -0.15) is 11.8 Å². The fourth-order valence-electron chi connectivity index (χ4n) is 0.539. The zero-order valence-electron chi connectivity index (χ0n) is 7.43. The third-order valence-corrected chi connectivity index (χ3v) is 3.42. The number of nitrogens with zero attached hydrogens (tertiary/aromatic N) is 1. The maximum Gasteiger partial charge on any atom is 0.148 e. The number of rotatable bonds is 6. The lowest BCUT2D eigenvalue weighted by atomic mass is 10.5. The van der Waals surface area contributed by atoms with E-state index in [-0.39, 0.29) is 11.6 Å². The minimum atomic E-state index is -2.86. The monoisotopic (exact) mass is 226 g/mol. The van der Waals surface area contributed by atoms with Gasteiger partial charge in [0.15, 0.2) is 0 Å². The molecule has 0 rings (SSSR count). The summed E-state index contributed by atoms with van der Waals surface area (Å²) < 4.78 is 21.4. The minimum absolute atomic E-state index is 0.173. The SMILES string of the molecule is CS(=O)(=O)CCSCCC(N)=NO. The quantitative estimate of drug-likeness (QED) is 0.217. The highest BCUT2D eigenvalue weighted by Crippen LogP contribution is 2.03. The fourth-order valence-corrected chi connectivity index (χ4v) is 2.78. The number of sulfone groups is 1. The largest absolute Gasteiger partial charge is 0.409 e. The van der Waals surface area contributed by atoms with Crippen LogP contribution >= 0.6 is 11.8 Å². The van der Waals surface area contributed by atoms with Crippen LogP contribution in [0.4, 0.5) is 0 Å². The van der Waals surface area contributed by atoms with Crippen molar-refractivity contribution in [2.75, 3.05) is 23.5 Å². The molecule has 0 aromatic carbocycles. The number of nitrogens with two attached hydrogens (primary N) is 1. The summed E-state index contributed by atoms with van der Waals surface area (Å²) in [6.45, 7) is 0. The summed E-state index contributed by atoms with van der Waals surface area (Å²) >= 11 is 1.47. The Morgan fingerprint density at radius 1 is 1.54 bits per heavy atom. The summed E-state index contributed by atoms with van der Waals surface area (Å²) in [5, 5.41) is 11.0. The summed E-state index contributed by atoms with van der Waals surface area (Å²) in [4.78, 5) is 0. The van der Waals surface area contributed by atoms with Crippen LogP contribution in [0.5, 0.6) is 0 Å². The summed E-state index contributed by atoms with van der Waals surface area (Å²) in [6, 6.07) is 0. The fraction of sp³-hybridized carbons (Fsp3) is 0.833. The Bertz CT molecular complexity index is 261. The van der Waals surface area contributed by atoms with E-state index in [4.69, 9.17) is 10.9 Å². The van der Waals surface area contributed by atoms with E-state index in [0.29, 0.717) is 17.9 Å². The van der Waals surface area contributed by atoms with Gasteiger partial charge in [-0.15, -0.1) is 0 Å². The van der Waals surface area contributed by atoms with Crippen molar-refractivity contribution in [1.29, 1.82) is 0 Å². The molecule has 0 atom stereocenters. The highest BCUT2D eigenvalue weighted by molar-refractivity contribution is 8.00. The van der Waals surface area contributed by atoms with Crippen LogP contribution in [-0.4, -0.2) is 43.0 Å². The van der Waals surface area contributed by atoms with E-state index in [0.717, 1.165) is 0 Å². The molecule has 0 radical (unpaired) electrons. The molecule has 3 N–H and O–H groups in total. The molecule has 0 aliphatic heterocycles. The molecule has 7 heteroatoms. The first-order valence-corrected chi connectivity index (χ1v) is 6.89. The lowest BCUT2D eigenvalue weighted by Crippen LogP contribution is -2.13. The van der Waals surface area contributed by atoms with E-state index < -0.39 is 9.84 Å².